The Labute approximate surface area is 91.9 Å². The van der Waals surface area contributed by atoms with Gasteiger partial charge in [0.1, 0.15) is 0 Å². The predicted octanol–water partition coefficient (Wildman–Crippen LogP) is 1.09. The van der Waals surface area contributed by atoms with Crippen LogP contribution in [0.25, 0.3) is 0 Å². The number of guanidine groups is 1. The summed E-state index contributed by atoms with van der Waals surface area (Å²) in [4.78, 5) is 6.92. The standard InChI is InChI=1S/C11H22N4/c1-8(2)15(7-9-3-4-9)11(14-12)13-10-5-6-10/h8-10H,3-7,12H2,1-2H3,(H,13,14). The third-order valence-corrected chi connectivity index (χ3v) is 3.03. The molecule has 0 radical (unpaired) electrons. The molecule has 4 heteroatoms. The molecule has 0 amide bonds. The monoisotopic (exact) mass is 210 g/mol. The third kappa shape index (κ3) is 3.09. The average Bonchev–Trinajstić information content (AvgIpc) is 3.05. The van der Waals surface area contributed by atoms with Gasteiger partial charge in [-0.3, -0.25) is 5.43 Å². The van der Waals surface area contributed by atoms with Crippen molar-refractivity contribution >= 4 is 5.96 Å². The molecule has 0 aromatic rings. The lowest BCUT2D eigenvalue weighted by Gasteiger charge is -2.29. The summed E-state index contributed by atoms with van der Waals surface area (Å²) in [5.74, 6) is 7.32. The molecule has 0 heterocycles. The fourth-order valence-electron chi connectivity index (χ4n) is 1.69. The van der Waals surface area contributed by atoms with Crippen LogP contribution < -0.4 is 11.3 Å². The second kappa shape index (κ2) is 4.39. The number of nitrogens with zero attached hydrogens (tertiary/aromatic N) is 2. The molecule has 4 nitrogen and oxygen atoms in total. The lowest BCUT2D eigenvalue weighted by Crippen LogP contribution is -2.49. The Kier molecular flexibility index (Phi) is 3.14. The van der Waals surface area contributed by atoms with E-state index in [1.165, 1.54) is 25.7 Å². The first-order valence-corrected chi connectivity index (χ1v) is 6.01. The van der Waals surface area contributed by atoms with Gasteiger partial charge in [-0.05, 0) is 45.4 Å². The number of hydrazine groups is 1. The highest BCUT2D eigenvalue weighted by Crippen LogP contribution is 2.30. The molecule has 86 valence electrons. The van der Waals surface area contributed by atoms with E-state index in [0.717, 1.165) is 18.4 Å². The van der Waals surface area contributed by atoms with Gasteiger partial charge >= 0.3 is 0 Å². The maximum absolute atomic E-state index is 5.56. The van der Waals surface area contributed by atoms with Crippen LogP contribution >= 0.6 is 0 Å². The molecule has 0 saturated heterocycles. The van der Waals surface area contributed by atoms with Crippen molar-refractivity contribution in [3.63, 3.8) is 0 Å². The van der Waals surface area contributed by atoms with Crippen LogP contribution in [-0.2, 0) is 0 Å². The molecule has 2 aliphatic carbocycles. The van der Waals surface area contributed by atoms with E-state index < -0.39 is 0 Å². The highest BCUT2D eigenvalue weighted by Gasteiger charge is 2.28. The number of hydrogen-bond acceptors (Lipinski definition) is 2. The van der Waals surface area contributed by atoms with Crippen LogP contribution in [0.1, 0.15) is 39.5 Å². The molecule has 15 heavy (non-hydrogen) atoms. The highest BCUT2D eigenvalue weighted by molar-refractivity contribution is 5.80. The van der Waals surface area contributed by atoms with Crippen LogP contribution in [0, 0.1) is 5.92 Å². The average molecular weight is 210 g/mol. The lowest BCUT2D eigenvalue weighted by molar-refractivity contribution is 0.323. The van der Waals surface area contributed by atoms with E-state index in [9.17, 15) is 0 Å². The molecule has 3 N–H and O–H groups in total. The number of rotatable bonds is 4. The van der Waals surface area contributed by atoms with Crippen molar-refractivity contribution in [1.82, 2.24) is 10.3 Å². The highest BCUT2D eigenvalue weighted by atomic mass is 15.4. The zero-order valence-corrected chi connectivity index (χ0v) is 9.74. The summed E-state index contributed by atoms with van der Waals surface area (Å²) in [6.45, 7) is 5.50. The largest absolute Gasteiger partial charge is 0.339 e. The van der Waals surface area contributed by atoms with Gasteiger partial charge in [-0.25, -0.2) is 10.8 Å². The number of nitrogens with two attached hydrogens (primary N) is 1. The van der Waals surface area contributed by atoms with Gasteiger partial charge in [0, 0.05) is 12.6 Å². The molecule has 0 atom stereocenters. The fraction of sp³-hybridized carbons (Fsp3) is 0.909. The molecule has 2 fully saturated rings. The second-order valence-electron chi connectivity index (χ2n) is 5.02. The predicted molar refractivity (Wildman–Crippen MR) is 62.3 cm³/mol. The van der Waals surface area contributed by atoms with Crippen molar-refractivity contribution in [3.05, 3.63) is 0 Å². The van der Waals surface area contributed by atoms with Crippen molar-refractivity contribution in [3.8, 4) is 0 Å². The molecule has 2 saturated carbocycles. The van der Waals surface area contributed by atoms with E-state index in [0.29, 0.717) is 12.1 Å². The zero-order chi connectivity index (χ0) is 10.8. The van der Waals surface area contributed by atoms with Gasteiger partial charge in [0.25, 0.3) is 0 Å². The first-order chi connectivity index (χ1) is 7.20. The van der Waals surface area contributed by atoms with Gasteiger partial charge in [0.05, 0.1) is 6.04 Å². The minimum absolute atomic E-state index is 0.471. The van der Waals surface area contributed by atoms with Gasteiger partial charge in [-0.15, -0.1) is 0 Å². The lowest BCUT2D eigenvalue weighted by atomic mass is 10.3. The molecule has 2 rings (SSSR count). The van der Waals surface area contributed by atoms with Crippen molar-refractivity contribution in [1.29, 1.82) is 0 Å². The van der Waals surface area contributed by atoms with Gasteiger partial charge in [-0.1, -0.05) is 0 Å². The molecule has 0 aliphatic heterocycles. The molecule has 0 spiro atoms. The summed E-state index contributed by atoms with van der Waals surface area (Å²) in [7, 11) is 0. The first-order valence-electron chi connectivity index (χ1n) is 6.01. The van der Waals surface area contributed by atoms with E-state index in [2.05, 4.69) is 29.2 Å². The Hall–Kier alpha value is -0.770. The summed E-state index contributed by atoms with van der Waals surface area (Å²) < 4.78 is 0. The van der Waals surface area contributed by atoms with Crippen LogP contribution in [0.2, 0.25) is 0 Å². The Bertz CT molecular complexity index is 241. The van der Waals surface area contributed by atoms with Crippen molar-refractivity contribution in [2.24, 2.45) is 16.8 Å². The first kappa shape index (κ1) is 10.7. The van der Waals surface area contributed by atoms with Crippen LogP contribution in [-0.4, -0.2) is 29.5 Å². The van der Waals surface area contributed by atoms with Crippen LogP contribution in [0.15, 0.2) is 4.99 Å². The second-order valence-corrected chi connectivity index (χ2v) is 5.02. The molecule has 0 bridgehead atoms. The van der Waals surface area contributed by atoms with Crippen LogP contribution in [0.3, 0.4) is 0 Å². The van der Waals surface area contributed by atoms with Gasteiger partial charge < -0.3 is 4.90 Å². The van der Waals surface area contributed by atoms with E-state index in [1.807, 2.05) is 0 Å². The molecule has 0 aromatic heterocycles. The van der Waals surface area contributed by atoms with Crippen LogP contribution in [0.4, 0.5) is 0 Å². The maximum atomic E-state index is 5.56. The van der Waals surface area contributed by atoms with E-state index in [1.54, 1.807) is 0 Å². The fourth-order valence-corrected chi connectivity index (χ4v) is 1.69. The topological polar surface area (TPSA) is 53.6 Å². The Morgan fingerprint density at radius 1 is 1.40 bits per heavy atom. The SMILES string of the molecule is CC(C)N(CC1CC1)C(=NC1CC1)NN. The Morgan fingerprint density at radius 2 is 2.07 bits per heavy atom. The Morgan fingerprint density at radius 3 is 2.47 bits per heavy atom. The normalized spacial score (nSPS) is 22.0. The molecule has 0 unspecified atom stereocenters. The molecular weight excluding hydrogens is 188 g/mol. The van der Waals surface area contributed by atoms with Crippen molar-refractivity contribution in [2.75, 3.05) is 6.54 Å². The number of aliphatic imine (C=N–C) groups is 1. The molecular formula is C11H22N4. The number of hydrogen-bond donors (Lipinski definition) is 2. The van der Waals surface area contributed by atoms with E-state index in [-0.39, 0.29) is 0 Å². The maximum Gasteiger partial charge on any atom is 0.208 e. The smallest absolute Gasteiger partial charge is 0.208 e. The Balaban J connectivity index is 1.98. The summed E-state index contributed by atoms with van der Waals surface area (Å²) in [6.07, 6.45) is 5.18. The van der Waals surface area contributed by atoms with Crippen LogP contribution in [0.5, 0.6) is 0 Å². The number of nitrogens with one attached hydrogen (secondary N) is 1. The van der Waals surface area contributed by atoms with Gasteiger partial charge in [-0.2, -0.15) is 0 Å². The molecule has 2 aliphatic rings. The van der Waals surface area contributed by atoms with E-state index in [4.69, 9.17) is 5.84 Å². The summed E-state index contributed by atoms with van der Waals surface area (Å²) in [6, 6.07) is 0.996. The summed E-state index contributed by atoms with van der Waals surface area (Å²) in [5, 5.41) is 0. The van der Waals surface area contributed by atoms with E-state index >= 15 is 0 Å². The minimum Gasteiger partial charge on any atom is -0.339 e. The molecule has 0 aromatic carbocycles. The third-order valence-electron chi connectivity index (χ3n) is 3.03. The quantitative estimate of drug-likeness (QED) is 0.316. The zero-order valence-electron chi connectivity index (χ0n) is 9.74. The summed E-state index contributed by atoms with van der Waals surface area (Å²) in [5.41, 5.74) is 2.76. The van der Waals surface area contributed by atoms with Gasteiger partial charge in [0.15, 0.2) is 0 Å². The van der Waals surface area contributed by atoms with Crippen molar-refractivity contribution < 1.29 is 0 Å². The van der Waals surface area contributed by atoms with Gasteiger partial charge in [0.2, 0.25) is 5.96 Å². The summed E-state index contributed by atoms with van der Waals surface area (Å²) >= 11 is 0. The van der Waals surface area contributed by atoms with Crippen molar-refractivity contribution in [2.45, 2.75) is 51.6 Å². The minimum atomic E-state index is 0.471.